The van der Waals surface area contributed by atoms with E-state index in [-0.39, 0.29) is 0 Å². The number of ether oxygens (including phenoxy) is 2. The van der Waals surface area contributed by atoms with Crippen LogP contribution in [0.5, 0.6) is 11.5 Å². The highest BCUT2D eigenvalue weighted by molar-refractivity contribution is 9.10. The van der Waals surface area contributed by atoms with E-state index in [1.165, 1.54) is 31.5 Å². The highest BCUT2D eigenvalue weighted by Gasteiger charge is 2.19. The second-order valence-corrected chi connectivity index (χ2v) is 6.57. The molecule has 0 aromatic heterocycles. The molecule has 1 saturated heterocycles. The Kier molecular flexibility index (Phi) is 4.48. The number of nitrogens with one attached hydrogen (secondary N) is 1. The van der Waals surface area contributed by atoms with Gasteiger partial charge in [-0.25, -0.2) is 0 Å². The van der Waals surface area contributed by atoms with E-state index in [4.69, 9.17) is 9.47 Å². The molecule has 3 rings (SSSR count). The summed E-state index contributed by atoms with van der Waals surface area (Å²) >= 11 is 3.54. The first kappa shape index (κ1) is 14.2. The topological polar surface area (TPSA) is 33.7 Å². The van der Waals surface area contributed by atoms with Crippen LogP contribution in [0.4, 0.5) is 0 Å². The van der Waals surface area contributed by atoms with Crippen molar-refractivity contribution in [2.45, 2.75) is 19.4 Å². The van der Waals surface area contributed by atoms with E-state index in [0.29, 0.717) is 6.79 Å². The summed E-state index contributed by atoms with van der Waals surface area (Å²) in [6.07, 6.45) is 2.65. The maximum atomic E-state index is 5.44. The normalized spacial score (nSPS) is 22.2. The van der Waals surface area contributed by atoms with Gasteiger partial charge in [0, 0.05) is 13.1 Å². The number of likely N-dealkylation sites (tertiary alicyclic amines) is 1. The number of benzene rings is 1. The fourth-order valence-electron chi connectivity index (χ4n) is 2.98. The third-order valence-electron chi connectivity index (χ3n) is 3.97. The fourth-order valence-corrected chi connectivity index (χ4v) is 3.59. The van der Waals surface area contributed by atoms with Crippen molar-refractivity contribution in [3.63, 3.8) is 0 Å². The molecule has 1 N–H and O–H groups in total. The molecule has 110 valence electrons. The van der Waals surface area contributed by atoms with Crippen LogP contribution in [0.25, 0.3) is 0 Å². The molecule has 1 aromatic rings. The van der Waals surface area contributed by atoms with Gasteiger partial charge in [0.05, 0.1) is 4.47 Å². The molecule has 1 unspecified atom stereocenters. The van der Waals surface area contributed by atoms with Gasteiger partial charge in [-0.15, -0.1) is 0 Å². The van der Waals surface area contributed by atoms with Crippen LogP contribution in [-0.2, 0) is 6.54 Å². The van der Waals surface area contributed by atoms with E-state index in [1.807, 2.05) is 0 Å². The maximum Gasteiger partial charge on any atom is 0.231 e. The third kappa shape index (κ3) is 3.27. The van der Waals surface area contributed by atoms with E-state index < -0.39 is 0 Å². The number of halogens is 1. The molecular weight excluding hydrogens is 320 g/mol. The molecule has 2 aliphatic heterocycles. The van der Waals surface area contributed by atoms with Crippen molar-refractivity contribution in [1.29, 1.82) is 0 Å². The van der Waals surface area contributed by atoms with Crippen LogP contribution in [0.1, 0.15) is 18.4 Å². The minimum absolute atomic E-state index is 0.319. The van der Waals surface area contributed by atoms with E-state index in [1.54, 1.807) is 0 Å². The summed E-state index contributed by atoms with van der Waals surface area (Å²) < 4.78 is 11.8. The lowest BCUT2D eigenvalue weighted by Crippen LogP contribution is -2.37. The molecule has 5 heteroatoms. The Morgan fingerprint density at radius 1 is 1.40 bits per heavy atom. The van der Waals surface area contributed by atoms with E-state index in [2.05, 4.69) is 45.3 Å². The van der Waals surface area contributed by atoms with Gasteiger partial charge in [-0.2, -0.15) is 0 Å². The Morgan fingerprint density at radius 3 is 3.15 bits per heavy atom. The fraction of sp³-hybridized carbons (Fsp3) is 0.600. The minimum atomic E-state index is 0.319. The second-order valence-electron chi connectivity index (χ2n) is 5.71. The van der Waals surface area contributed by atoms with Gasteiger partial charge in [0.1, 0.15) is 0 Å². The first-order chi connectivity index (χ1) is 9.72. The number of hydrogen-bond donors (Lipinski definition) is 1. The summed E-state index contributed by atoms with van der Waals surface area (Å²) in [7, 11) is 2.21. The molecule has 0 saturated carbocycles. The van der Waals surface area contributed by atoms with Gasteiger partial charge in [0.25, 0.3) is 0 Å². The molecule has 2 aliphatic rings. The highest BCUT2D eigenvalue weighted by Crippen LogP contribution is 2.39. The molecule has 1 fully saturated rings. The Hall–Kier alpha value is -0.780. The van der Waals surface area contributed by atoms with Crippen molar-refractivity contribution in [2.24, 2.45) is 5.92 Å². The molecule has 0 aliphatic carbocycles. The van der Waals surface area contributed by atoms with Crippen molar-refractivity contribution in [1.82, 2.24) is 10.2 Å². The molecule has 0 radical (unpaired) electrons. The Balaban J connectivity index is 1.52. The number of hydrogen-bond acceptors (Lipinski definition) is 4. The summed E-state index contributed by atoms with van der Waals surface area (Å²) in [6.45, 7) is 4.72. The van der Waals surface area contributed by atoms with E-state index in [0.717, 1.165) is 35.0 Å². The highest BCUT2D eigenvalue weighted by atomic mass is 79.9. The lowest BCUT2D eigenvalue weighted by molar-refractivity contribution is 0.173. The molecular formula is C15H21BrN2O2. The van der Waals surface area contributed by atoms with Crippen molar-refractivity contribution in [3.8, 4) is 11.5 Å². The second kappa shape index (κ2) is 6.33. The molecule has 2 heterocycles. The van der Waals surface area contributed by atoms with Crippen LogP contribution in [0.15, 0.2) is 16.6 Å². The van der Waals surface area contributed by atoms with E-state index >= 15 is 0 Å². The summed E-state index contributed by atoms with van der Waals surface area (Å²) in [5, 5.41) is 3.57. The Labute approximate surface area is 128 Å². The zero-order valence-electron chi connectivity index (χ0n) is 11.8. The van der Waals surface area contributed by atoms with Crippen LogP contribution in [0, 0.1) is 5.92 Å². The predicted octanol–water partition coefficient (Wildman–Crippen LogP) is 2.61. The average molecular weight is 341 g/mol. The Morgan fingerprint density at radius 2 is 2.30 bits per heavy atom. The van der Waals surface area contributed by atoms with Crippen molar-refractivity contribution < 1.29 is 9.47 Å². The lowest BCUT2D eigenvalue weighted by Gasteiger charge is -2.29. The standard InChI is InChI=1S/C15H21BrN2O2/c1-18-4-2-3-11(9-18)7-17-8-12-5-13(16)15-14(6-12)19-10-20-15/h5-6,11,17H,2-4,7-10H2,1H3. The van der Waals surface area contributed by atoms with Crippen LogP contribution in [-0.4, -0.2) is 38.4 Å². The van der Waals surface area contributed by atoms with Gasteiger partial charge in [-0.05, 0) is 72.5 Å². The number of rotatable bonds is 4. The first-order valence-corrected chi connectivity index (χ1v) is 7.99. The van der Waals surface area contributed by atoms with Gasteiger partial charge in [-0.1, -0.05) is 0 Å². The third-order valence-corrected chi connectivity index (χ3v) is 4.56. The van der Waals surface area contributed by atoms with Crippen LogP contribution >= 0.6 is 15.9 Å². The zero-order valence-corrected chi connectivity index (χ0v) is 13.4. The maximum absolute atomic E-state index is 5.44. The number of piperidine rings is 1. The largest absolute Gasteiger partial charge is 0.454 e. The molecule has 20 heavy (non-hydrogen) atoms. The van der Waals surface area contributed by atoms with Gasteiger partial charge in [0.15, 0.2) is 11.5 Å². The van der Waals surface area contributed by atoms with Crippen LogP contribution in [0.2, 0.25) is 0 Å². The Bertz CT molecular complexity index is 481. The van der Waals surface area contributed by atoms with Crippen molar-refractivity contribution in [3.05, 3.63) is 22.2 Å². The summed E-state index contributed by atoms with van der Waals surface area (Å²) in [4.78, 5) is 2.42. The minimum Gasteiger partial charge on any atom is -0.454 e. The van der Waals surface area contributed by atoms with Crippen LogP contribution < -0.4 is 14.8 Å². The molecule has 0 spiro atoms. The van der Waals surface area contributed by atoms with Gasteiger partial charge in [0.2, 0.25) is 6.79 Å². The van der Waals surface area contributed by atoms with Gasteiger partial charge in [-0.3, -0.25) is 0 Å². The smallest absolute Gasteiger partial charge is 0.231 e. The summed E-state index contributed by atoms with van der Waals surface area (Å²) in [5.74, 6) is 2.43. The average Bonchev–Trinajstić information content (AvgIpc) is 2.88. The number of fused-ring (bicyclic) bond motifs is 1. The number of nitrogens with zero attached hydrogens (tertiary/aromatic N) is 1. The van der Waals surface area contributed by atoms with Gasteiger partial charge < -0.3 is 19.7 Å². The van der Waals surface area contributed by atoms with Gasteiger partial charge >= 0.3 is 0 Å². The molecule has 1 aromatic carbocycles. The molecule has 4 nitrogen and oxygen atoms in total. The monoisotopic (exact) mass is 340 g/mol. The van der Waals surface area contributed by atoms with Crippen molar-refractivity contribution in [2.75, 3.05) is 33.5 Å². The van der Waals surface area contributed by atoms with E-state index in [9.17, 15) is 0 Å². The van der Waals surface area contributed by atoms with Crippen molar-refractivity contribution >= 4 is 15.9 Å². The zero-order chi connectivity index (χ0) is 13.9. The SMILES string of the molecule is CN1CCCC(CNCc2cc(Br)c3c(c2)OCO3)C1. The molecule has 0 amide bonds. The first-order valence-electron chi connectivity index (χ1n) is 7.19. The summed E-state index contributed by atoms with van der Waals surface area (Å²) in [6, 6.07) is 4.17. The predicted molar refractivity (Wildman–Crippen MR) is 82.2 cm³/mol. The molecule has 1 atom stereocenters. The quantitative estimate of drug-likeness (QED) is 0.913. The summed E-state index contributed by atoms with van der Waals surface area (Å²) in [5.41, 5.74) is 1.23. The lowest BCUT2D eigenvalue weighted by atomic mass is 9.98. The molecule has 0 bridgehead atoms. The van der Waals surface area contributed by atoms with Crippen LogP contribution in [0.3, 0.4) is 0 Å².